The Bertz CT molecular complexity index is 573. The Morgan fingerprint density at radius 1 is 1.38 bits per heavy atom. The number of hydrogen-bond donors (Lipinski definition) is 3. The predicted octanol–water partition coefficient (Wildman–Crippen LogP) is 0.706. The van der Waals surface area contributed by atoms with Gasteiger partial charge in [0.2, 0.25) is 15.9 Å². The van der Waals surface area contributed by atoms with E-state index in [-0.39, 0.29) is 29.8 Å². The summed E-state index contributed by atoms with van der Waals surface area (Å²) in [7, 11) is -3.64. The second kappa shape index (κ2) is 7.94. The third kappa shape index (κ3) is 6.09. The lowest BCUT2D eigenvalue weighted by Crippen LogP contribution is -2.34. The molecule has 8 heteroatoms. The standard InChI is InChI=1S/C13H22N4O3S/c1-4-14-12-9-11(5-7-15-12)21(19,20)16-8-6-13(18)17-10(2)3/h5,7,9-10,16H,4,6,8H2,1-3H3,(H,14,15)(H,17,18). The fourth-order valence-corrected chi connectivity index (χ4v) is 2.68. The van der Waals surface area contributed by atoms with Gasteiger partial charge in [-0.05, 0) is 26.8 Å². The number of rotatable bonds is 8. The first-order valence-electron chi connectivity index (χ1n) is 6.84. The molecule has 0 aliphatic rings. The molecule has 0 fully saturated rings. The maximum atomic E-state index is 12.1. The molecule has 1 heterocycles. The molecule has 0 aliphatic carbocycles. The molecule has 3 N–H and O–H groups in total. The number of nitrogens with one attached hydrogen (secondary N) is 3. The van der Waals surface area contributed by atoms with Crippen molar-refractivity contribution in [2.75, 3.05) is 18.4 Å². The van der Waals surface area contributed by atoms with E-state index in [0.29, 0.717) is 12.4 Å². The van der Waals surface area contributed by atoms with Crippen molar-refractivity contribution in [3.63, 3.8) is 0 Å². The van der Waals surface area contributed by atoms with E-state index in [4.69, 9.17) is 0 Å². The van der Waals surface area contributed by atoms with Crippen LogP contribution in [0.5, 0.6) is 0 Å². The van der Waals surface area contributed by atoms with Crippen LogP contribution in [-0.4, -0.2) is 38.4 Å². The van der Waals surface area contributed by atoms with Crippen molar-refractivity contribution in [1.29, 1.82) is 0 Å². The predicted molar refractivity (Wildman–Crippen MR) is 81.5 cm³/mol. The second-order valence-electron chi connectivity index (χ2n) is 4.78. The number of nitrogens with zero attached hydrogens (tertiary/aromatic N) is 1. The van der Waals surface area contributed by atoms with Crippen molar-refractivity contribution in [3.8, 4) is 0 Å². The summed E-state index contributed by atoms with van der Waals surface area (Å²) in [6.07, 6.45) is 1.53. The van der Waals surface area contributed by atoms with Crippen LogP contribution in [0.15, 0.2) is 23.2 Å². The van der Waals surface area contributed by atoms with E-state index in [2.05, 4.69) is 20.3 Å². The Morgan fingerprint density at radius 3 is 2.71 bits per heavy atom. The van der Waals surface area contributed by atoms with E-state index in [0.717, 1.165) is 0 Å². The lowest BCUT2D eigenvalue weighted by Gasteiger charge is -2.10. The Hall–Kier alpha value is -1.67. The lowest BCUT2D eigenvalue weighted by molar-refractivity contribution is -0.121. The molecule has 1 amide bonds. The van der Waals surface area contributed by atoms with Crippen LogP contribution in [0.4, 0.5) is 5.82 Å². The van der Waals surface area contributed by atoms with Crippen LogP contribution in [0, 0.1) is 0 Å². The zero-order valence-corrected chi connectivity index (χ0v) is 13.3. The number of sulfonamides is 1. The maximum Gasteiger partial charge on any atom is 0.240 e. The third-order valence-corrected chi connectivity index (χ3v) is 3.95. The molecule has 0 saturated carbocycles. The molecular weight excluding hydrogens is 292 g/mol. The molecule has 0 aromatic carbocycles. The zero-order valence-electron chi connectivity index (χ0n) is 12.5. The average molecular weight is 314 g/mol. The highest BCUT2D eigenvalue weighted by Crippen LogP contribution is 2.12. The van der Waals surface area contributed by atoms with Crippen molar-refractivity contribution in [2.24, 2.45) is 0 Å². The molecule has 1 aromatic rings. The van der Waals surface area contributed by atoms with Gasteiger partial charge >= 0.3 is 0 Å². The molecule has 0 atom stereocenters. The molecule has 0 radical (unpaired) electrons. The lowest BCUT2D eigenvalue weighted by atomic mass is 10.3. The molecule has 0 saturated heterocycles. The molecule has 0 spiro atoms. The first kappa shape index (κ1) is 17.4. The second-order valence-corrected chi connectivity index (χ2v) is 6.54. The monoisotopic (exact) mass is 314 g/mol. The van der Waals surface area contributed by atoms with Crippen LogP contribution < -0.4 is 15.4 Å². The molecule has 0 aliphatic heterocycles. The molecular formula is C13H22N4O3S. The van der Waals surface area contributed by atoms with Gasteiger partial charge in [0, 0.05) is 37.8 Å². The highest BCUT2D eigenvalue weighted by Gasteiger charge is 2.15. The summed E-state index contributed by atoms with van der Waals surface area (Å²) in [6.45, 7) is 6.30. The van der Waals surface area contributed by atoms with E-state index >= 15 is 0 Å². The van der Waals surface area contributed by atoms with Crippen LogP contribution in [-0.2, 0) is 14.8 Å². The summed E-state index contributed by atoms with van der Waals surface area (Å²) < 4.78 is 26.6. The van der Waals surface area contributed by atoms with Gasteiger partial charge in [0.15, 0.2) is 0 Å². The highest BCUT2D eigenvalue weighted by atomic mass is 32.2. The highest BCUT2D eigenvalue weighted by molar-refractivity contribution is 7.89. The van der Waals surface area contributed by atoms with Gasteiger partial charge < -0.3 is 10.6 Å². The van der Waals surface area contributed by atoms with Crippen molar-refractivity contribution < 1.29 is 13.2 Å². The molecule has 1 aromatic heterocycles. The number of hydrogen-bond acceptors (Lipinski definition) is 5. The Morgan fingerprint density at radius 2 is 2.10 bits per heavy atom. The summed E-state index contributed by atoms with van der Waals surface area (Å²) >= 11 is 0. The molecule has 21 heavy (non-hydrogen) atoms. The van der Waals surface area contributed by atoms with Gasteiger partial charge in [-0.3, -0.25) is 4.79 Å². The number of aromatic nitrogens is 1. The average Bonchev–Trinajstić information content (AvgIpc) is 2.38. The molecule has 1 rings (SSSR count). The van der Waals surface area contributed by atoms with Gasteiger partial charge in [0.05, 0.1) is 4.90 Å². The molecule has 7 nitrogen and oxygen atoms in total. The third-order valence-electron chi connectivity index (χ3n) is 2.49. The Balaban J connectivity index is 2.61. The van der Waals surface area contributed by atoms with Crippen molar-refractivity contribution >= 4 is 21.7 Å². The summed E-state index contributed by atoms with van der Waals surface area (Å²) in [6, 6.07) is 2.91. The minimum atomic E-state index is -3.64. The summed E-state index contributed by atoms with van der Waals surface area (Å²) in [4.78, 5) is 15.6. The fourth-order valence-electron chi connectivity index (χ4n) is 1.63. The number of carbonyl (C=O) groups is 1. The fraction of sp³-hybridized carbons (Fsp3) is 0.538. The van der Waals surface area contributed by atoms with Gasteiger partial charge in [-0.2, -0.15) is 0 Å². The van der Waals surface area contributed by atoms with E-state index < -0.39 is 10.0 Å². The van der Waals surface area contributed by atoms with Crippen molar-refractivity contribution in [3.05, 3.63) is 18.3 Å². The number of carbonyl (C=O) groups excluding carboxylic acids is 1. The van der Waals surface area contributed by atoms with Gasteiger partial charge in [-0.1, -0.05) is 0 Å². The van der Waals surface area contributed by atoms with Crippen LogP contribution in [0.2, 0.25) is 0 Å². The van der Waals surface area contributed by atoms with Crippen LogP contribution in [0.1, 0.15) is 27.2 Å². The van der Waals surface area contributed by atoms with Crippen molar-refractivity contribution in [2.45, 2.75) is 38.1 Å². The van der Waals surface area contributed by atoms with E-state index in [1.54, 1.807) is 0 Å². The molecule has 0 unspecified atom stereocenters. The van der Waals surface area contributed by atoms with Crippen LogP contribution in [0.3, 0.4) is 0 Å². The van der Waals surface area contributed by atoms with E-state index in [1.807, 2.05) is 20.8 Å². The van der Waals surface area contributed by atoms with Gasteiger partial charge in [-0.25, -0.2) is 18.1 Å². The maximum absolute atomic E-state index is 12.1. The van der Waals surface area contributed by atoms with Gasteiger partial charge in [0.1, 0.15) is 5.82 Å². The number of anilines is 1. The summed E-state index contributed by atoms with van der Waals surface area (Å²) in [5, 5.41) is 5.65. The Labute approximate surface area is 125 Å². The normalized spacial score (nSPS) is 11.4. The van der Waals surface area contributed by atoms with E-state index in [9.17, 15) is 13.2 Å². The van der Waals surface area contributed by atoms with Gasteiger partial charge in [-0.15, -0.1) is 0 Å². The SMILES string of the molecule is CCNc1cc(S(=O)(=O)NCCC(=O)NC(C)C)ccn1. The zero-order chi connectivity index (χ0) is 15.9. The number of amides is 1. The smallest absolute Gasteiger partial charge is 0.240 e. The topological polar surface area (TPSA) is 100 Å². The van der Waals surface area contributed by atoms with Gasteiger partial charge in [0.25, 0.3) is 0 Å². The van der Waals surface area contributed by atoms with Crippen molar-refractivity contribution in [1.82, 2.24) is 15.0 Å². The summed E-state index contributed by atoms with van der Waals surface area (Å²) in [5.74, 6) is 0.314. The quantitative estimate of drug-likeness (QED) is 0.656. The van der Waals surface area contributed by atoms with Crippen LogP contribution in [0.25, 0.3) is 0 Å². The van der Waals surface area contributed by atoms with E-state index in [1.165, 1.54) is 18.3 Å². The first-order chi connectivity index (χ1) is 9.85. The number of pyridine rings is 1. The Kier molecular flexibility index (Phi) is 6.57. The minimum absolute atomic E-state index is 0.0389. The molecule has 118 valence electrons. The minimum Gasteiger partial charge on any atom is -0.370 e. The van der Waals surface area contributed by atoms with Crippen LogP contribution >= 0.6 is 0 Å². The first-order valence-corrected chi connectivity index (χ1v) is 8.32. The molecule has 0 bridgehead atoms. The summed E-state index contributed by atoms with van der Waals surface area (Å²) in [5.41, 5.74) is 0. The largest absolute Gasteiger partial charge is 0.370 e.